The fourth-order valence-corrected chi connectivity index (χ4v) is 2.51. The first-order valence-electron chi connectivity index (χ1n) is 6.12. The van der Waals surface area contributed by atoms with Crippen molar-refractivity contribution in [3.05, 3.63) is 0 Å². The second kappa shape index (κ2) is 7.20. The topological polar surface area (TPSA) is 24.5 Å². The quantitative estimate of drug-likeness (QED) is 0.692. The van der Waals surface area contributed by atoms with Gasteiger partial charge in [0.25, 0.3) is 0 Å². The second-order valence-electron chi connectivity index (χ2n) is 4.69. The predicted octanol–water partition coefficient (Wildman–Crippen LogP) is 1.34. The second-order valence-corrected chi connectivity index (χ2v) is 4.69. The number of hydrogen-bond acceptors (Lipinski definition) is 3. The lowest BCUT2D eigenvalue weighted by Gasteiger charge is -2.28. The summed E-state index contributed by atoms with van der Waals surface area (Å²) in [4.78, 5) is 2.36. The number of nitrogens with zero attached hydrogens (tertiary/aromatic N) is 1. The average Bonchev–Trinajstić information content (AvgIpc) is 2.76. The summed E-state index contributed by atoms with van der Waals surface area (Å²) in [6.45, 7) is 3.00. The molecule has 1 saturated carbocycles. The van der Waals surface area contributed by atoms with Crippen LogP contribution in [0.3, 0.4) is 0 Å². The number of hydrogen-bond donors (Lipinski definition) is 1. The Hall–Kier alpha value is -0.120. The monoisotopic (exact) mass is 214 g/mol. The van der Waals surface area contributed by atoms with Crippen LogP contribution < -0.4 is 5.32 Å². The molecule has 0 aromatic heterocycles. The van der Waals surface area contributed by atoms with E-state index in [1.54, 1.807) is 7.11 Å². The van der Waals surface area contributed by atoms with Gasteiger partial charge in [0.1, 0.15) is 0 Å². The summed E-state index contributed by atoms with van der Waals surface area (Å²) in [5.41, 5.74) is 0. The number of likely N-dealkylation sites (N-methyl/N-ethyl adjacent to an activating group) is 2. The molecule has 1 atom stereocenters. The van der Waals surface area contributed by atoms with E-state index < -0.39 is 0 Å². The zero-order chi connectivity index (χ0) is 11.1. The molecule has 0 aromatic carbocycles. The number of rotatable bonds is 7. The molecule has 0 spiro atoms. The van der Waals surface area contributed by atoms with Crippen molar-refractivity contribution in [1.29, 1.82) is 0 Å². The lowest BCUT2D eigenvalue weighted by molar-refractivity contribution is 0.150. The summed E-state index contributed by atoms with van der Waals surface area (Å²) in [6, 6.07) is 0.661. The molecule has 0 aliphatic heterocycles. The van der Waals surface area contributed by atoms with Crippen molar-refractivity contribution >= 4 is 0 Å². The third kappa shape index (κ3) is 4.49. The first kappa shape index (κ1) is 12.9. The van der Waals surface area contributed by atoms with Gasteiger partial charge in [0.05, 0.1) is 6.61 Å². The van der Waals surface area contributed by atoms with Gasteiger partial charge in [-0.2, -0.15) is 0 Å². The highest BCUT2D eigenvalue weighted by atomic mass is 16.5. The van der Waals surface area contributed by atoms with Crippen LogP contribution in [-0.4, -0.2) is 51.8 Å². The summed E-state index contributed by atoms with van der Waals surface area (Å²) in [7, 11) is 6.03. The van der Waals surface area contributed by atoms with Crippen molar-refractivity contribution in [2.75, 3.05) is 40.9 Å². The Balaban J connectivity index is 2.25. The van der Waals surface area contributed by atoms with E-state index in [0.29, 0.717) is 6.04 Å². The fraction of sp³-hybridized carbons (Fsp3) is 1.00. The minimum absolute atomic E-state index is 0.661. The van der Waals surface area contributed by atoms with E-state index in [4.69, 9.17) is 4.74 Å². The van der Waals surface area contributed by atoms with Gasteiger partial charge in [0, 0.05) is 26.2 Å². The van der Waals surface area contributed by atoms with E-state index in [2.05, 4.69) is 24.3 Å². The third-order valence-corrected chi connectivity index (χ3v) is 3.53. The van der Waals surface area contributed by atoms with E-state index >= 15 is 0 Å². The lowest BCUT2D eigenvalue weighted by Crippen LogP contribution is -2.43. The highest BCUT2D eigenvalue weighted by molar-refractivity contribution is 4.81. The Labute approximate surface area is 94.2 Å². The van der Waals surface area contributed by atoms with Crippen molar-refractivity contribution in [2.45, 2.75) is 31.7 Å². The molecule has 0 heterocycles. The maximum atomic E-state index is 5.09. The number of ether oxygens (including phenoxy) is 1. The highest BCUT2D eigenvalue weighted by Gasteiger charge is 2.24. The van der Waals surface area contributed by atoms with Crippen LogP contribution in [0.2, 0.25) is 0 Å². The molecular weight excluding hydrogens is 188 g/mol. The molecule has 1 fully saturated rings. The fourth-order valence-electron chi connectivity index (χ4n) is 2.51. The summed E-state index contributed by atoms with van der Waals surface area (Å²) in [6.07, 6.45) is 5.66. The first-order valence-corrected chi connectivity index (χ1v) is 6.12. The van der Waals surface area contributed by atoms with Gasteiger partial charge in [0.2, 0.25) is 0 Å². The van der Waals surface area contributed by atoms with Crippen molar-refractivity contribution < 1.29 is 4.74 Å². The van der Waals surface area contributed by atoms with Crippen molar-refractivity contribution in [3.63, 3.8) is 0 Å². The first-order chi connectivity index (χ1) is 7.27. The van der Waals surface area contributed by atoms with E-state index in [1.165, 1.54) is 25.7 Å². The molecule has 0 bridgehead atoms. The van der Waals surface area contributed by atoms with Crippen molar-refractivity contribution in [2.24, 2.45) is 5.92 Å². The Kier molecular flexibility index (Phi) is 6.22. The van der Waals surface area contributed by atoms with Gasteiger partial charge >= 0.3 is 0 Å². The molecule has 1 N–H and O–H groups in total. The van der Waals surface area contributed by atoms with E-state index in [0.717, 1.165) is 25.6 Å². The molecule has 0 aromatic rings. The minimum atomic E-state index is 0.661. The molecule has 1 aliphatic rings. The van der Waals surface area contributed by atoms with Gasteiger partial charge in [-0.05, 0) is 32.9 Å². The standard InChI is InChI=1S/C12H26N2O/c1-13-12(11-6-4-5-7-11)10-14(2)8-9-15-3/h11-13H,4-10H2,1-3H3. The Bertz CT molecular complexity index is 158. The molecule has 1 aliphatic carbocycles. The van der Waals surface area contributed by atoms with Crippen molar-refractivity contribution in [3.8, 4) is 0 Å². The van der Waals surface area contributed by atoms with Gasteiger partial charge in [0.15, 0.2) is 0 Å². The highest BCUT2D eigenvalue weighted by Crippen LogP contribution is 2.27. The Morgan fingerprint density at radius 2 is 2.07 bits per heavy atom. The molecule has 90 valence electrons. The zero-order valence-corrected chi connectivity index (χ0v) is 10.5. The van der Waals surface area contributed by atoms with Gasteiger partial charge < -0.3 is 15.0 Å². The minimum Gasteiger partial charge on any atom is -0.383 e. The molecule has 3 heteroatoms. The van der Waals surface area contributed by atoms with Crippen LogP contribution in [0, 0.1) is 5.92 Å². The van der Waals surface area contributed by atoms with Crippen LogP contribution in [0.15, 0.2) is 0 Å². The van der Waals surface area contributed by atoms with Crippen LogP contribution in [0.1, 0.15) is 25.7 Å². The van der Waals surface area contributed by atoms with Gasteiger partial charge in [-0.15, -0.1) is 0 Å². The normalized spacial score (nSPS) is 20.0. The smallest absolute Gasteiger partial charge is 0.0589 e. The summed E-state index contributed by atoms with van der Waals surface area (Å²) >= 11 is 0. The number of nitrogens with one attached hydrogen (secondary N) is 1. The maximum Gasteiger partial charge on any atom is 0.0589 e. The Morgan fingerprint density at radius 1 is 1.40 bits per heavy atom. The lowest BCUT2D eigenvalue weighted by atomic mass is 9.98. The molecule has 15 heavy (non-hydrogen) atoms. The van der Waals surface area contributed by atoms with E-state index in [1.807, 2.05) is 0 Å². The van der Waals surface area contributed by atoms with Gasteiger partial charge in [-0.3, -0.25) is 0 Å². The summed E-state index contributed by atoms with van der Waals surface area (Å²) in [5, 5.41) is 3.47. The summed E-state index contributed by atoms with van der Waals surface area (Å²) in [5.74, 6) is 0.889. The maximum absolute atomic E-state index is 5.09. The molecule has 1 rings (SSSR count). The predicted molar refractivity (Wildman–Crippen MR) is 64.2 cm³/mol. The largest absolute Gasteiger partial charge is 0.383 e. The molecule has 1 unspecified atom stereocenters. The zero-order valence-electron chi connectivity index (χ0n) is 10.5. The van der Waals surface area contributed by atoms with Crippen LogP contribution in [0.5, 0.6) is 0 Å². The average molecular weight is 214 g/mol. The summed E-state index contributed by atoms with van der Waals surface area (Å²) < 4.78 is 5.09. The van der Waals surface area contributed by atoms with Gasteiger partial charge in [-0.25, -0.2) is 0 Å². The third-order valence-electron chi connectivity index (χ3n) is 3.53. The number of methoxy groups -OCH3 is 1. The molecule has 0 saturated heterocycles. The van der Waals surface area contributed by atoms with E-state index in [9.17, 15) is 0 Å². The van der Waals surface area contributed by atoms with Gasteiger partial charge in [-0.1, -0.05) is 12.8 Å². The Morgan fingerprint density at radius 3 is 2.60 bits per heavy atom. The van der Waals surface area contributed by atoms with Crippen LogP contribution in [0.25, 0.3) is 0 Å². The molecular formula is C12H26N2O. The van der Waals surface area contributed by atoms with Crippen LogP contribution in [0.4, 0.5) is 0 Å². The van der Waals surface area contributed by atoms with E-state index in [-0.39, 0.29) is 0 Å². The van der Waals surface area contributed by atoms with Crippen molar-refractivity contribution in [1.82, 2.24) is 10.2 Å². The SMILES string of the molecule is CNC(CN(C)CCOC)C1CCCC1. The van der Waals surface area contributed by atoms with Crippen LogP contribution >= 0.6 is 0 Å². The molecule has 3 nitrogen and oxygen atoms in total. The van der Waals surface area contributed by atoms with Crippen LogP contribution in [-0.2, 0) is 4.74 Å². The molecule has 0 amide bonds. The molecule has 0 radical (unpaired) electrons.